The molecule has 0 saturated heterocycles. The standard InChI is InChI=1S/C16H9F5N4O/c17-11-6-3-7-12(18)13(11)25-8-22-15(24-25)23-14(26)9-4-1-2-5-10(9)16(19,20)21/h1-8H,(H,23,24,26). The second-order valence-corrected chi connectivity index (χ2v) is 5.08. The summed E-state index contributed by atoms with van der Waals surface area (Å²) in [6.45, 7) is 0. The van der Waals surface area contributed by atoms with E-state index in [1.54, 1.807) is 0 Å². The van der Waals surface area contributed by atoms with Gasteiger partial charge >= 0.3 is 6.18 Å². The highest BCUT2D eigenvalue weighted by Gasteiger charge is 2.35. The van der Waals surface area contributed by atoms with Gasteiger partial charge in [-0.1, -0.05) is 18.2 Å². The number of para-hydroxylation sites is 1. The SMILES string of the molecule is O=C(Nc1ncn(-c2c(F)cccc2F)n1)c1ccccc1C(F)(F)F. The highest BCUT2D eigenvalue weighted by molar-refractivity contribution is 6.04. The van der Waals surface area contributed by atoms with E-state index in [1.807, 2.05) is 0 Å². The molecule has 3 aromatic rings. The molecule has 0 spiro atoms. The first-order valence-corrected chi connectivity index (χ1v) is 7.11. The van der Waals surface area contributed by atoms with Crippen molar-refractivity contribution in [3.05, 3.63) is 71.6 Å². The number of nitrogens with one attached hydrogen (secondary N) is 1. The Kier molecular flexibility index (Phi) is 4.41. The van der Waals surface area contributed by atoms with Gasteiger partial charge in [-0.3, -0.25) is 10.1 Å². The third-order valence-corrected chi connectivity index (χ3v) is 3.36. The van der Waals surface area contributed by atoms with Crippen LogP contribution in [0.2, 0.25) is 0 Å². The van der Waals surface area contributed by atoms with Crippen LogP contribution in [0, 0.1) is 11.6 Å². The first-order chi connectivity index (χ1) is 12.3. The molecule has 2 aromatic carbocycles. The number of nitrogens with zero attached hydrogens (tertiary/aromatic N) is 3. The Morgan fingerprint density at radius 2 is 1.65 bits per heavy atom. The zero-order valence-electron chi connectivity index (χ0n) is 12.8. The summed E-state index contributed by atoms with van der Waals surface area (Å²) in [5.41, 5.74) is -2.29. The van der Waals surface area contributed by atoms with E-state index < -0.39 is 46.5 Å². The van der Waals surface area contributed by atoms with Crippen LogP contribution in [-0.2, 0) is 6.18 Å². The van der Waals surface area contributed by atoms with Crippen molar-refractivity contribution >= 4 is 11.9 Å². The Bertz CT molecular complexity index is 947. The number of carbonyl (C=O) groups excluding carboxylic acids is 1. The van der Waals surface area contributed by atoms with Crippen LogP contribution in [0.3, 0.4) is 0 Å². The van der Waals surface area contributed by atoms with Crippen molar-refractivity contribution in [3.8, 4) is 5.69 Å². The second-order valence-electron chi connectivity index (χ2n) is 5.08. The Hall–Kier alpha value is -3.30. The molecule has 0 radical (unpaired) electrons. The molecule has 10 heteroatoms. The molecule has 1 N–H and O–H groups in total. The van der Waals surface area contributed by atoms with Crippen molar-refractivity contribution in [2.24, 2.45) is 0 Å². The Morgan fingerprint density at radius 1 is 1.00 bits per heavy atom. The lowest BCUT2D eigenvalue weighted by Crippen LogP contribution is -2.19. The topological polar surface area (TPSA) is 59.8 Å². The second kappa shape index (κ2) is 6.54. The first kappa shape index (κ1) is 17.5. The fourth-order valence-corrected chi connectivity index (χ4v) is 2.23. The largest absolute Gasteiger partial charge is 0.417 e. The van der Waals surface area contributed by atoms with Crippen LogP contribution >= 0.6 is 0 Å². The highest BCUT2D eigenvalue weighted by Crippen LogP contribution is 2.32. The third-order valence-electron chi connectivity index (χ3n) is 3.36. The molecule has 0 unspecified atom stereocenters. The normalized spacial score (nSPS) is 11.4. The van der Waals surface area contributed by atoms with Crippen LogP contribution in [0.4, 0.5) is 27.9 Å². The number of hydrogen-bond donors (Lipinski definition) is 1. The summed E-state index contributed by atoms with van der Waals surface area (Å²) in [5, 5.41) is 5.74. The summed E-state index contributed by atoms with van der Waals surface area (Å²) in [5.74, 6) is -3.36. The number of alkyl halides is 3. The van der Waals surface area contributed by atoms with Gasteiger partial charge in [0.15, 0.2) is 11.6 Å². The van der Waals surface area contributed by atoms with Crippen LogP contribution in [0.15, 0.2) is 48.8 Å². The lowest BCUT2D eigenvalue weighted by Gasteiger charge is -2.11. The molecule has 3 rings (SSSR count). The smallest absolute Gasteiger partial charge is 0.289 e. The van der Waals surface area contributed by atoms with Crippen molar-refractivity contribution in [2.75, 3.05) is 5.32 Å². The van der Waals surface area contributed by atoms with Gasteiger partial charge in [0.2, 0.25) is 5.95 Å². The Morgan fingerprint density at radius 3 is 2.31 bits per heavy atom. The molecule has 0 atom stereocenters. The van der Waals surface area contributed by atoms with E-state index in [9.17, 15) is 26.7 Å². The predicted octanol–water partition coefficient (Wildman–Crippen LogP) is 3.82. The van der Waals surface area contributed by atoms with Crippen LogP contribution in [-0.4, -0.2) is 20.7 Å². The van der Waals surface area contributed by atoms with Gasteiger partial charge in [-0.15, -0.1) is 5.10 Å². The number of hydrogen-bond acceptors (Lipinski definition) is 3. The number of benzene rings is 2. The van der Waals surface area contributed by atoms with Gasteiger partial charge in [0.25, 0.3) is 5.91 Å². The summed E-state index contributed by atoms with van der Waals surface area (Å²) >= 11 is 0. The number of rotatable bonds is 3. The fraction of sp³-hybridized carbons (Fsp3) is 0.0625. The van der Waals surface area contributed by atoms with E-state index >= 15 is 0 Å². The number of aromatic nitrogens is 3. The average Bonchev–Trinajstić information content (AvgIpc) is 3.02. The van der Waals surface area contributed by atoms with Gasteiger partial charge in [0.05, 0.1) is 11.1 Å². The molecule has 0 fully saturated rings. The predicted molar refractivity (Wildman–Crippen MR) is 80.7 cm³/mol. The van der Waals surface area contributed by atoms with Crippen LogP contribution in [0.1, 0.15) is 15.9 Å². The Balaban J connectivity index is 1.88. The minimum absolute atomic E-state index is 0.408. The van der Waals surface area contributed by atoms with Crippen LogP contribution in [0.5, 0.6) is 0 Å². The minimum Gasteiger partial charge on any atom is -0.289 e. The van der Waals surface area contributed by atoms with Gasteiger partial charge < -0.3 is 0 Å². The van der Waals surface area contributed by atoms with Crippen molar-refractivity contribution in [3.63, 3.8) is 0 Å². The summed E-state index contributed by atoms with van der Waals surface area (Å²) in [7, 11) is 0. The molecule has 0 aliphatic carbocycles. The minimum atomic E-state index is -4.73. The van der Waals surface area contributed by atoms with Gasteiger partial charge in [-0.05, 0) is 24.3 Å². The molecular weight excluding hydrogens is 359 g/mol. The zero-order valence-corrected chi connectivity index (χ0v) is 12.8. The monoisotopic (exact) mass is 368 g/mol. The zero-order chi connectivity index (χ0) is 18.9. The van der Waals surface area contributed by atoms with Crippen molar-refractivity contribution < 1.29 is 26.7 Å². The quantitative estimate of drug-likeness (QED) is 0.715. The summed E-state index contributed by atoms with van der Waals surface area (Å²) in [6.07, 6.45) is -3.80. The summed E-state index contributed by atoms with van der Waals surface area (Å²) in [6, 6.07) is 7.32. The lowest BCUT2D eigenvalue weighted by atomic mass is 10.1. The third kappa shape index (κ3) is 3.39. The van der Waals surface area contributed by atoms with Crippen molar-refractivity contribution in [1.82, 2.24) is 14.8 Å². The van der Waals surface area contributed by atoms with E-state index in [0.717, 1.165) is 47.4 Å². The van der Waals surface area contributed by atoms with Crippen molar-refractivity contribution in [1.29, 1.82) is 0 Å². The van der Waals surface area contributed by atoms with Gasteiger partial charge in [-0.2, -0.15) is 18.2 Å². The first-order valence-electron chi connectivity index (χ1n) is 7.11. The van der Waals surface area contributed by atoms with Crippen LogP contribution < -0.4 is 5.32 Å². The average molecular weight is 368 g/mol. The molecule has 0 aliphatic heterocycles. The van der Waals surface area contributed by atoms with Gasteiger partial charge in [0, 0.05) is 0 Å². The lowest BCUT2D eigenvalue weighted by molar-refractivity contribution is -0.137. The summed E-state index contributed by atoms with van der Waals surface area (Å²) < 4.78 is 67.1. The van der Waals surface area contributed by atoms with Gasteiger partial charge in [-0.25, -0.2) is 13.5 Å². The number of halogens is 5. The molecule has 134 valence electrons. The fourth-order valence-electron chi connectivity index (χ4n) is 2.23. The van der Waals surface area contributed by atoms with Gasteiger partial charge in [0.1, 0.15) is 12.0 Å². The van der Waals surface area contributed by atoms with E-state index in [-0.39, 0.29) is 0 Å². The molecule has 0 aliphatic rings. The van der Waals surface area contributed by atoms with E-state index in [1.165, 1.54) is 6.07 Å². The maximum Gasteiger partial charge on any atom is 0.417 e. The maximum atomic E-state index is 13.7. The van der Waals surface area contributed by atoms with E-state index in [4.69, 9.17) is 0 Å². The molecule has 26 heavy (non-hydrogen) atoms. The number of carbonyl (C=O) groups is 1. The molecule has 1 amide bonds. The molecule has 0 saturated carbocycles. The molecule has 1 heterocycles. The molecule has 1 aromatic heterocycles. The number of anilines is 1. The highest BCUT2D eigenvalue weighted by atomic mass is 19.4. The molecule has 5 nitrogen and oxygen atoms in total. The van der Waals surface area contributed by atoms with E-state index in [2.05, 4.69) is 15.4 Å². The van der Waals surface area contributed by atoms with E-state index in [0.29, 0.717) is 0 Å². The summed E-state index contributed by atoms with van der Waals surface area (Å²) in [4.78, 5) is 15.8. The number of amides is 1. The molecule has 0 bridgehead atoms. The van der Waals surface area contributed by atoms with Crippen LogP contribution in [0.25, 0.3) is 5.69 Å². The van der Waals surface area contributed by atoms with Crippen molar-refractivity contribution in [2.45, 2.75) is 6.18 Å². The Labute approximate surface area is 143 Å². The molecular formula is C16H9F5N4O. The maximum absolute atomic E-state index is 13.7.